The number of benzene rings is 2. The molecule has 1 aliphatic carbocycles. The smallest absolute Gasteiger partial charge is 0.228 e. The lowest BCUT2D eigenvalue weighted by Crippen LogP contribution is -2.03. The maximum absolute atomic E-state index is 6.15. The van der Waals surface area contributed by atoms with Gasteiger partial charge in [-0.1, -0.05) is 37.3 Å². The number of nitrogens with zero attached hydrogens (tertiary/aromatic N) is 5. The van der Waals surface area contributed by atoms with Gasteiger partial charge in [0.25, 0.3) is 0 Å². The van der Waals surface area contributed by atoms with Gasteiger partial charge >= 0.3 is 0 Å². The van der Waals surface area contributed by atoms with E-state index < -0.39 is 0 Å². The minimum atomic E-state index is 0.504. The van der Waals surface area contributed by atoms with Crippen LogP contribution in [0.5, 0.6) is 11.6 Å². The van der Waals surface area contributed by atoms with Gasteiger partial charge < -0.3 is 10.1 Å². The molecule has 6 rings (SSSR count). The summed E-state index contributed by atoms with van der Waals surface area (Å²) in [5, 5.41) is 12.6. The average molecular weight is 487 g/mol. The summed E-state index contributed by atoms with van der Waals surface area (Å²) in [7, 11) is 0. The maximum atomic E-state index is 6.15. The molecule has 1 aliphatic rings. The van der Waals surface area contributed by atoms with Crippen molar-refractivity contribution in [2.75, 3.05) is 5.32 Å². The zero-order valence-electron chi connectivity index (χ0n) is 20.6. The lowest BCUT2D eigenvalue weighted by Gasteiger charge is -2.13. The Morgan fingerprint density at radius 3 is 2.49 bits per heavy atom. The van der Waals surface area contributed by atoms with Crippen LogP contribution in [-0.4, -0.2) is 25.1 Å². The van der Waals surface area contributed by atoms with E-state index in [2.05, 4.69) is 42.6 Å². The SMILES string of the molecule is CCc1nccc(-c2cccnc2Oc2ccc(Nc3nnc(-c4ccccc4)c4c3CCC4)cc2)n1. The normalized spacial score (nSPS) is 12.2. The highest BCUT2D eigenvalue weighted by molar-refractivity contribution is 5.71. The van der Waals surface area contributed by atoms with Crippen molar-refractivity contribution >= 4 is 11.5 Å². The first-order valence-corrected chi connectivity index (χ1v) is 12.5. The second-order valence-electron chi connectivity index (χ2n) is 8.89. The Morgan fingerprint density at radius 2 is 1.65 bits per heavy atom. The van der Waals surface area contributed by atoms with Crippen LogP contribution in [0.4, 0.5) is 11.5 Å². The van der Waals surface area contributed by atoms with Crippen molar-refractivity contribution in [2.45, 2.75) is 32.6 Å². The van der Waals surface area contributed by atoms with Crippen molar-refractivity contribution in [3.05, 3.63) is 102 Å². The van der Waals surface area contributed by atoms with Crippen molar-refractivity contribution < 1.29 is 4.74 Å². The number of anilines is 2. The minimum absolute atomic E-state index is 0.504. The molecule has 0 fully saturated rings. The standard InChI is InChI=1S/C30H26N6O/c1-2-27-31-19-17-26(34-27)25-12-7-18-32-30(25)37-22-15-13-21(14-16-22)33-29-24-11-6-10-23(24)28(35-36-29)20-8-4-3-5-9-20/h3-5,7-9,12-19H,2,6,10-11H2,1H3,(H,33,36). The monoisotopic (exact) mass is 486 g/mol. The number of nitrogens with one attached hydrogen (secondary N) is 1. The Morgan fingerprint density at radius 1 is 0.811 bits per heavy atom. The van der Waals surface area contributed by atoms with E-state index in [1.807, 2.05) is 67.6 Å². The summed E-state index contributed by atoms with van der Waals surface area (Å²) < 4.78 is 6.15. The molecule has 5 aromatic rings. The summed E-state index contributed by atoms with van der Waals surface area (Å²) in [5.41, 5.74) is 7.19. The van der Waals surface area contributed by atoms with Crippen LogP contribution >= 0.6 is 0 Å². The molecule has 0 amide bonds. The minimum Gasteiger partial charge on any atom is -0.438 e. The molecule has 0 spiro atoms. The fourth-order valence-corrected chi connectivity index (χ4v) is 4.66. The Balaban J connectivity index is 1.22. The predicted molar refractivity (Wildman–Crippen MR) is 144 cm³/mol. The first-order valence-electron chi connectivity index (χ1n) is 12.5. The van der Waals surface area contributed by atoms with Crippen LogP contribution < -0.4 is 10.1 Å². The van der Waals surface area contributed by atoms with Gasteiger partial charge in [0.05, 0.1) is 17.0 Å². The summed E-state index contributed by atoms with van der Waals surface area (Å²) in [6.07, 6.45) is 7.39. The Labute approximate surface area is 215 Å². The molecule has 182 valence electrons. The van der Waals surface area contributed by atoms with E-state index in [4.69, 9.17) is 4.74 Å². The van der Waals surface area contributed by atoms with Gasteiger partial charge in [0.15, 0.2) is 5.82 Å². The number of hydrogen-bond acceptors (Lipinski definition) is 7. The van der Waals surface area contributed by atoms with E-state index in [1.165, 1.54) is 11.1 Å². The number of hydrogen-bond donors (Lipinski definition) is 1. The lowest BCUT2D eigenvalue weighted by atomic mass is 10.0. The maximum Gasteiger partial charge on any atom is 0.228 e. The fraction of sp³-hybridized carbons (Fsp3) is 0.167. The molecule has 7 heteroatoms. The van der Waals surface area contributed by atoms with E-state index in [0.29, 0.717) is 11.6 Å². The van der Waals surface area contributed by atoms with Gasteiger partial charge in [-0.15, -0.1) is 10.2 Å². The molecule has 2 aromatic carbocycles. The molecule has 0 unspecified atom stereocenters. The van der Waals surface area contributed by atoms with Crippen LogP contribution in [0.15, 0.2) is 85.2 Å². The molecule has 0 aliphatic heterocycles. The summed E-state index contributed by atoms with van der Waals surface area (Å²) in [5.74, 6) is 2.80. The van der Waals surface area contributed by atoms with Crippen LogP contribution in [0.1, 0.15) is 30.3 Å². The van der Waals surface area contributed by atoms with Crippen LogP contribution in [0, 0.1) is 0 Å². The van der Waals surface area contributed by atoms with Crippen molar-refractivity contribution in [3.63, 3.8) is 0 Å². The molecule has 0 saturated carbocycles. The molecule has 1 N–H and O–H groups in total. The number of aromatic nitrogens is 5. The molecule has 0 saturated heterocycles. The van der Waals surface area contributed by atoms with Gasteiger partial charge in [-0.25, -0.2) is 15.0 Å². The Kier molecular flexibility index (Phi) is 6.25. The van der Waals surface area contributed by atoms with Crippen molar-refractivity contribution in [1.82, 2.24) is 25.1 Å². The highest BCUT2D eigenvalue weighted by atomic mass is 16.5. The van der Waals surface area contributed by atoms with Crippen molar-refractivity contribution in [3.8, 4) is 34.1 Å². The van der Waals surface area contributed by atoms with Crippen molar-refractivity contribution in [2.24, 2.45) is 0 Å². The fourth-order valence-electron chi connectivity index (χ4n) is 4.66. The quantitative estimate of drug-likeness (QED) is 0.278. The topological polar surface area (TPSA) is 85.7 Å². The predicted octanol–water partition coefficient (Wildman–Crippen LogP) is 6.58. The van der Waals surface area contributed by atoms with Gasteiger partial charge in [-0.3, -0.25) is 0 Å². The third-order valence-electron chi connectivity index (χ3n) is 6.49. The second-order valence-corrected chi connectivity index (χ2v) is 8.89. The van der Waals surface area contributed by atoms with Crippen LogP contribution in [-0.2, 0) is 19.3 Å². The second kappa shape index (κ2) is 10.1. The van der Waals surface area contributed by atoms with Crippen LogP contribution in [0.2, 0.25) is 0 Å². The van der Waals surface area contributed by atoms with Crippen molar-refractivity contribution in [1.29, 1.82) is 0 Å². The zero-order chi connectivity index (χ0) is 25.0. The number of pyridine rings is 1. The lowest BCUT2D eigenvalue weighted by molar-refractivity contribution is 0.465. The van der Waals surface area contributed by atoms with Gasteiger partial charge in [-0.2, -0.15) is 0 Å². The average Bonchev–Trinajstić information content (AvgIpc) is 3.46. The summed E-state index contributed by atoms with van der Waals surface area (Å²) in [6.45, 7) is 2.03. The third kappa shape index (κ3) is 4.76. The molecule has 0 bridgehead atoms. The summed E-state index contributed by atoms with van der Waals surface area (Å²) in [6, 6.07) is 23.8. The van der Waals surface area contributed by atoms with Gasteiger partial charge in [-0.05, 0) is 67.3 Å². The van der Waals surface area contributed by atoms with E-state index in [9.17, 15) is 0 Å². The first-order chi connectivity index (χ1) is 18.3. The molecule has 3 aromatic heterocycles. The first kappa shape index (κ1) is 22.8. The molecule has 7 nitrogen and oxygen atoms in total. The number of aryl methyl sites for hydroxylation is 1. The number of fused-ring (bicyclic) bond motifs is 1. The molecule has 0 atom stereocenters. The Bertz CT molecular complexity index is 1540. The molecular weight excluding hydrogens is 460 g/mol. The van der Waals surface area contributed by atoms with Crippen LogP contribution in [0.3, 0.4) is 0 Å². The summed E-state index contributed by atoms with van der Waals surface area (Å²) >= 11 is 0. The third-order valence-corrected chi connectivity index (χ3v) is 6.49. The highest BCUT2D eigenvalue weighted by Crippen LogP contribution is 2.35. The van der Waals surface area contributed by atoms with Gasteiger partial charge in [0.1, 0.15) is 11.6 Å². The van der Waals surface area contributed by atoms with E-state index in [-0.39, 0.29) is 0 Å². The molecule has 37 heavy (non-hydrogen) atoms. The highest BCUT2D eigenvalue weighted by Gasteiger charge is 2.22. The van der Waals surface area contributed by atoms with Crippen LogP contribution in [0.25, 0.3) is 22.5 Å². The van der Waals surface area contributed by atoms with E-state index in [1.54, 1.807) is 12.4 Å². The molecular formula is C30H26N6O. The van der Waals surface area contributed by atoms with E-state index in [0.717, 1.165) is 65.5 Å². The largest absolute Gasteiger partial charge is 0.438 e. The zero-order valence-corrected chi connectivity index (χ0v) is 20.6. The number of ether oxygens (including phenoxy) is 1. The van der Waals surface area contributed by atoms with Gasteiger partial charge in [0.2, 0.25) is 5.88 Å². The molecule has 0 radical (unpaired) electrons. The van der Waals surface area contributed by atoms with E-state index >= 15 is 0 Å². The molecule has 3 heterocycles. The summed E-state index contributed by atoms with van der Waals surface area (Å²) in [4.78, 5) is 13.4. The number of rotatable bonds is 7. The Hall–Kier alpha value is -4.65. The van der Waals surface area contributed by atoms with Gasteiger partial charge in [0, 0.05) is 35.6 Å².